The maximum atomic E-state index is 11.3. The Bertz CT molecular complexity index is 161. The average molecular weight is 171 g/mol. The molecule has 1 radical (unpaired) electrons. The summed E-state index contributed by atoms with van der Waals surface area (Å²) in [6, 6.07) is 1.03. The van der Waals surface area contributed by atoms with Crippen LogP contribution in [0, 0.1) is 6.04 Å². The largest absolute Gasteiger partial charge is 0.450 e. The molecule has 0 aromatic rings. The van der Waals surface area contributed by atoms with Crippen LogP contribution in [0.3, 0.4) is 0 Å². The second kappa shape index (κ2) is 4.30. The van der Waals surface area contributed by atoms with Crippen LogP contribution in [0.5, 0.6) is 0 Å². The van der Waals surface area contributed by atoms with Crippen LogP contribution in [0.1, 0.15) is 13.8 Å². The van der Waals surface area contributed by atoms with Crippen molar-refractivity contribution in [2.75, 3.05) is 26.2 Å². The lowest BCUT2D eigenvalue weighted by Gasteiger charge is -2.31. The molecule has 1 saturated heterocycles. The summed E-state index contributed by atoms with van der Waals surface area (Å²) >= 11 is 0. The summed E-state index contributed by atoms with van der Waals surface area (Å²) in [6.07, 6.45) is -0.225. The van der Waals surface area contributed by atoms with E-state index in [1.807, 2.05) is 13.8 Å². The fraction of sp³-hybridized carbons (Fsp3) is 0.750. The molecule has 0 aromatic carbocycles. The summed E-state index contributed by atoms with van der Waals surface area (Å²) in [7, 11) is 0. The summed E-state index contributed by atoms with van der Waals surface area (Å²) in [5, 5.41) is 3.17. The molecule has 1 N–H and O–H groups in total. The standard InChI is InChI=1S/C8H15N2O2/c1-3-12-8(11)10-5-4-9-6-7(10)2/h9H,3-6H2,1-2H3. The van der Waals surface area contributed by atoms with E-state index >= 15 is 0 Å². The number of amides is 1. The van der Waals surface area contributed by atoms with Gasteiger partial charge in [-0.15, -0.1) is 0 Å². The molecule has 1 rings (SSSR count). The third-order valence-corrected chi connectivity index (χ3v) is 1.84. The molecule has 0 atom stereocenters. The molecule has 1 aliphatic rings. The molecule has 0 unspecified atom stereocenters. The quantitative estimate of drug-likeness (QED) is 0.628. The Hall–Kier alpha value is -0.770. The smallest absolute Gasteiger partial charge is 0.410 e. The number of hydrogen-bond donors (Lipinski definition) is 1. The van der Waals surface area contributed by atoms with Gasteiger partial charge in [0.2, 0.25) is 0 Å². The van der Waals surface area contributed by atoms with Crippen molar-refractivity contribution < 1.29 is 9.53 Å². The molecule has 0 spiro atoms. The minimum Gasteiger partial charge on any atom is -0.450 e. The molecule has 1 amide bonds. The second-order valence-electron chi connectivity index (χ2n) is 2.76. The summed E-state index contributed by atoms with van der Waals surface area (Å²) in [5.74, 6) is 0. The van der Waals surface area contributed by atoms with Gasteiger partial charge in [-0.2, -0.15) is 0 Å². The number of carbonyl (C=O) groups is 1. The van der Waals surface area contributed by atoms with Gasteiger partial charge in [-0.05, 0) is 13.8 Å². The van der Waals surface area contributed by atoms with Crippen LogP contribution >= 0.6 is 0 Å². The van der Waals surface area contributed by atoms with Gasteiger partial charge in [0.05, 0.1) is 12.6 Å². The van der Waals surface area contributed by atoms with Crippen LogP contribution in [-0.4, -0.2) is 37.2 Å². The third kappa shape index (κ3) is 2.11. The van der Waals surface area contributed by atoms with Crippen molar-refractivity contribution in [3.8, 4) is 0 Å². The van der Waals surface area contributed by atoms with Gasteiger partial charge in [0.15, 0.2) is 0 Å². The summed E-state index contributed by atoms with van der Waals surface area (Å²) in [6.45, 7) is 6.52. The van der Waals surface area contributed by atoms with E-state index in [2.05, 4.69) is 5.32 Å². The molecule has 4 heteroatoms. The molecular formula is C8H15N2O2. The predicted octanol–water partition coefficient (Wildman–Crippen LogP) is 0.600. The molecule has 1 fully saturated rings. The highest BCUT2D eigenvalue weighted by atomic mass is 16.6. The molecule has 69 valence electrons. The molecule has 0 aliphatic carbocycles. The van der Waals surface area contributed by atoms with Gasteiger partial charge in [-0.3, -0.25) is 4.90 Å². The maximum Gasteiger partial charge on any atom is 0.410 e. The Morgan fingerprint density at radius 1 is 1.75 bits per heavy atom. The first-order valence-electron chi connectivity index (χ1n) is 4.23. The van der Waals surface area contributed by atoms with E-state index in [9.17, 15) is 4.79 Å². The average Bonchev–Trinajstić information content (AvgIpc) is 2.05. The Morgan fingerprint density at radius 2 is 2.50 bits per heavy atom. The topological polar surface area (TPSA) is 41.6 Å². The van der Waals surface area contributed by atoms with Crippen LogP contribution in [-0.2, 0) is 4.74 Å². The molecule has 4 nitrogen and oxygen atoms in total. The zero-order valence-electron chi connectivity index (χ0n) is 7.59. The number of rotatable bonds is 1. The van der Waals surface area contributed by atoms with Gasteiger partial charge in [0.25, 0.3) is 0 Å². The second-order valence-corrected chi connectivity index (χ2v) is 2.76. The zero-order valence-corrected chi connectivity index (χ0v) is 7.59. The highest BCUT2D eigenvalue weighted by molar-refractivity contribution is 5.69. The van der Waals surface area contributed by atoms with E-state index in [1.165, 1.54) is 0 Å². The van der Waals surface area contributed by atoms with Crippen LogP contribution in [0.4, 0.5) is 4.79 Å². The minimum absolute atomic E-state index is 0.225. The van der Waals surface area contributed by atoms with Crippen molar-refractivity contribution in [3.63, 3.8) is 0 Å². The molecule has 0 aromatic heterocycles. The number of hydrogen-bond acceptors (Lipinski definition) is 3. The molecule has 1 heterocycles. The van der Waals surface area contributed by atoms with Crippen molar-refractivity contribution in [2.24, 2.45) is 0 Å². The summed E-state index contributed by atoms with van der Waals surface area (Å²) in [5.41, 5.74) is 0. The van der Waals surface area contributed by atoms with Crippen molar-refractivity contribution in [3.05, 3.63) is 6.04 Å². The molecular weight excluding hydrogens is 156 g/mol. The van der Waals surface area contributed by atoms with E-state index in [1.54, 1.807) is 4.90 Å². The zero-order chi connectivity index (χ0) is 8.97. The Balaban J connectivity index is 2.42. The lowest BCUT2D eigenvalue weighted by atomic mass is 10.2. The van der Waals surface area contributed by atoms with Gasteiger partial charge in [-0.1, -0.05) is 0 Å². The van der Waals surface area contributed by atoms with Crippen molar-refractivity contribution in [1.29, 1.82) is 0 Å². The fourth-order valence-corrected chi connectivity index (χ4v) is 1.19. The highest BCUT2D eigenvalue weighted by Gasteiger charge is 2.24. The summed E-state index contributed by atoms with van der Waals surface area (Å²) < 4.78 is 4.89. The number of nitrogens with zero attached hydrogens (tertiary/aromatic N) is 1. The minimum atomic E-state index is -0.225. The van der Waals surface area contributed by atoms with Gasteiger partial charge in [-0.25, -0.2) is 4.79 Å². The molecule has 1 aliphatic heterocycles. The van der Waals surface area contributed by atoms with Gasteiger partial charge in [0, 0.05) is 19.6 Å². The Morgan fingerprint density at radius 3 is 3.08 bits per heavy atom. The first-order chi connectivity index (χ1) is 5.75. The predicted molar refractivity (Wildman–Crippen MR) is 45.5 cm³/mol. The highest BCUT2D eigenvalue weighted by Crippen LogP contribution is 2.10. The van der Waals surface area contributed by atoms with Crippen LogP contribution in [0.15, 0.2) is 0 Å². The van der Waals surface area contributed by atoms with E-state index < -0.39 is 0 Å². The number of piperazine rings is 1. The van der Waals surface area contributed by atoms with E-state index in [0.29, 0.717) is 13.2 Å². The normalized spacial score (nSPS) is 19.3. The molecule has 0 saturated carbocycles. The first kappa shape index (κ1) is 9.32. The van der Waals surface area contributed by atoms with Crippen LogP contribution < -0.4 is 5.32 Å². The third-order valence-electron chi connectivity index (χ3n) is 1.84. The SMILES string of the molecule is CCOC(=O)N1CCNC[C]1C. The van der Waals surface area contributed by atoms with E-state index in [0.717, 1.165) is 19.1 Å². The molecule has 12 heavy (non-hydrogen) atoms. The maximum absolute atomic E-state index is 11.3. The lowest BCUT2D eigenvalue weighted by Crippen LogP contribution is -2.47. The lowest BCUT2D eigenvalue weighted by molar-refractivity contribution is 0.104. The number of ether oxygens (including phenoxy) is 1. The Kier molecular flexibility index (Phi) is 3.34. The van der Waals surface area contributed by atoms with Gasteiger partial charge >= 0.3 is 6.09 Å². The van der Waals surface area contributed by atoms with E-state index in [4.69, 9.17) is 4.74 Å². The van der Waals surface area contributed by atoms with Crippen molar-refractivity contribution in [1.82, 2.24) is 10.2 Å². The number of nitrogens with one attached hydrogen (secondary N) is 1. The van der Waals surface area contributed by atoms with Gasteiger partial charge in [0.1, 0.15) is 0 Å². The monoisotopic (exact) mass is 171 g/mol. The van der Waals surface area contributed by atoms with Crippen LogP contribution in [0.25, 0.3) is 0 Å². The number of carbonyl (C=O) groups excluding carboxylic acids is 1. The van der Waals surface area contributed by atoms with Crippen LogP contribution in [0.2, 0.25) is 0 Å². The molecule has 0 bridgehead atoms. The van der Waals surface area contributed by atoms with Crippen molar-refractivity contribution in [2.45, 2.75) is 13.8 Å². The van der Waals surface area contributed by atoms with E-state index in [-0.39, 0.29) is 6.09 Å². The fourth-order valence-electron chi connectivity index (χ4n) is 1.19. The van der Waals surface area contributed by atoms with Crippen molar-refractivity contribution >= 4 is 6.09 Å². The Labute approximate surface area is 72.9 Å². The summed E-state index contributed by atoms with van der Waals surface area (Å²) in [4.78, 5) is 12.9. The first-order valence-corrected chi connectivity index (χ1v) is 4.23. The van der Waals surface area contributed by atoms with Gasteiger partial charge < -0.3 is 10.1 Å².